The van der Waals surface area contributed by atoms with Crippen molar-refractivity contribution < 1.29 is 4.79 Å². The Balaban J connectivity index is 1.64. The summed E-state index contributed by atoms with van der Waals surface area (Å²) in [5, 5.41) is 3.16. The molecule has 4 aromatic rings. The van der Waals surface area contributed by atoms with Crippen LogP contribution in [0.3, 0.4) is 0 Å². The lowest BCUT2D eigenvalue weighted by atomic mass is 9.97. The van der Waals surface area contributed by atoms with Crippen LogP contribution in [-0.4, -0.2) is 15.5 Å². The SMILES string of the molecule is Cc1ccc(NC(=O)N2Cc3ccccc3-n3cccc3[C@@H]2c2ccccc2C)cc1C. The standard InChI is InChI=1S/C28H27N3O/c1-19-14-15-23(17-21(19)3)29-28(32)31-18-22-10-5-7-12-25(22)30-16-8-13-26(30)27(31)24-11-6-4-9-20(24)2/h4-17,27H,18H2,1-3H3,(H,29,32)/t27-/m0/s1. The van der Waals surface area contributed by atoms with Crippen molar-refractivity contribution in [3.8, 4) is 5.69 Å². The number of nitrogens with zero attached hydrogens (tertiary/aromatic N) is 2. The van der Waals surface area contributed by atoms with Crippen molar-refractivity contribution in [3.05, 3.63) is 119 Å². The first-order valence-electron chi connectivity index (χ1n) is 11.0. The van der Waals surface area contributed by atoms with Crippen LogP contribution in [0.4, 0.5) is 10.5 Å². The van der Waals surface area contributed by atoms with Gasteiger partial charge in [0, 0.05) is 17.6 Å². The molecule has 0 unspecified atom stereocenters. The number of carbonyl (C=O) groups excluding carboxylic acids is 1. The van der Waals surface area contributed by atoms with Crippen LogP contribution in [0.25, 0.3) is 5.69 Å². The van der Waals surface area contributed by atoms with Crippen LogP contribution in [0.15, 0.2) is 85.1 Å². The highest BCUT2D eigenvalue weighted by atomic mass is 16.2. The maximum atomic E-state index is 13.8. The van der Waals surface area contributed by atoms with E-state index in [0.29, 0.717) is 6.54 Å². The average Bonchev–Trinajstić information content (AvgIpc) is 3.21. The van der Waals surface area contributed by atoms with Crippen LogP contribution in [0.1, 0.15) is 39.6 Å². The summed E-state index contributed by atoms with van der Waals surface area (Å²) in [5.41, 5.74) is 8.81. The Morgan fingerprint density at radius 1 is 0.844 bits per heavy atom. The van der Waals surface area contributed by atoms with E-state index in [9.17, 15) is 4.79 Å². The fraction of sp³-hybridized carbons (Fsp3) is 0.179. The van der Waals surface area contributed by atoms with Gasteiger partial charge in [0.05, 0.1) is 12.2 Å². The third-order valence-corrected chi connectivity index (χ3v) is 6.47. The molecule has 3 aromatic carbocycles. The van der Waals surface area contributed by atoms with Gasteiger partial charge in [0.2, 0.25) is 0 Å². The summed E-state index contributed by atoms with van der Waals surface area (Å²) in [7, 11) is 0. The first-order valence-corrected chi connectivity index (χ1v) is 11.0. The quantitative estimate of drug-likeness (QED) is 0.392. The van der Waals surface area contributed by atoms with Crippen LogP contribution in [-0.2, 0) is 6.54 Å². The number of anilines is 1. The molecule has 0 radical (unpaired) electrons. The van der Waals surface area contributed by atoms with Gasteiger partial charge in [0.15, 0.2) is 0 Å². The molecule has 1 aliphatic rings. The fourth-order valence-corrected chi connectivity index (χ4v) is 4.57. The molecule has 1 aliphatic heterocycles. The van der Waals surface area contributed by atoms with Crippen molar-refractivity contribution >= 4 is 11.7 Å². The van der Waals surface area contributed by atoms with Crippen molar-refractivity contribution in [3.63, 3.8) is 0 Å². The van der Waals surface area contributed by atoms with Gasteiger partial charge in [-0.3, -0.25) is 0 Å². The van der Waals surface area contributed by atoms with Gasteiger partial charge in [-0.05, 0) is 78.9 Å². The van der Waals surface area contributed by atoms with E-state index >= 15 is 0 Å². The minimum atomic E-state index is -0.204. The number of aromatic nitrogens is 1. The minimum Gasteiger partial charge on any atom is -0.318 e. The Hall–Kier alpha value is -3.79. The van der Waals surface area contributed by atoms with Crippen molar-refractivity contribution in [2.45, 2.75) is 33.4 Å². The van der Waals surface area contributed by atoms with E-state index in [1.165, 1.54) is 11.1 Å². The lowest BCUT2D eigenvalue weighted by Gasteiger charge is -2.32. The number of urea groups is 1. The van der Waals surface area contributed by atoms with Crippen molar-refractivity contribution in [1.29, 1.82) is 0 Å². The predicted octanol–water partition coefficient (Wildman–Crippen LogP) is 6.54. The highest BCUT2D eigenvalue weighted by molar-refractivity contribution is 5.90. The van der Waals surface area contributed by atoms with Gasteiger partial charge in [-0.1, -0.05) is 48.5 Å². The predicted molar refractivity (Wildman–Crippen MR) is 129 cm³/mol. The zero-order valence-electron chi connectivity index (χ0n) is 18.7. The average molecular weight is 422 g/mol. The molecule has 1 aromatic heterocycles. The molecule has 4 nitrogen and oxygen atoms in total. The highest BCUT2D eigenvalue weighted by Crippen LogP contribution is 2.38. The van der Waals surface area contributed by atoms with Gasteiger partial charge in [-0.15, -0.1) is 0 Å². The number of hydrogen-bond acceptors (Lipinski definition) is 1. The maximum absolute atomic E-state index is 13.8. The number of fused-ring (bicyclic) bond motifs is 3. The first-order chi connectivity index (χ1) is 15.5. The van der Waals surface area contributed by atoms with E-state index in [-0.39, 0.29) is 12.1 Å². The summed E-state index contributed by atoms with van der Waals surface area (Å²) >= 11 is 0. The molecule has 0 saturated heterocycles. The van der Waals surface area contributed by atoms with E-state index in [1.807, 2.05) is 41.3 Å². The van der Waals surface area contributed by atoms with Crippen LogP contribution in [0.5, 0.6) is 0 Å². The van der Waals surface area contributed by atoms with E-state index in [0.717, 1.165) is 33.8 Å². The topological polar surface area (TPSA) is 37.3 Å². The third kappa shape index (κ3) is 3.48. The number of hydrogen-bond donors (Lipinski definition) is 1. The number of rotatable bonds is 2. The second-order valence-electron chi connectivity index (χ2n) is 8.55. The zero-order chi connectivity index (χ0) is 22.2. The van der Waals surface area contributed by atoms with Crippen molar-refractivity contribution in [2.24, 2.45) is 0 Å². The Morgan fingerprint density at radius 3 is 2.44 bits per heavy atom. The third-order valence-electron chi connectivity index (χ3n) is 6.47. The van der Waals surface area contributed by atoms with Gasteiger partial charge in [-0.25, -0.2) is 4.79 Å². The smallest absolute Gasteiger partial charge is 0.318 e. The van der Waals surface area contributed by atoms with Crippen molar-refractivity contribution in [2.75, 3.05) is 5.32 Å². The normalized spacial score (nSPS) is 15.0. The Labute approximate surface area is 189 Å². The monoisotopic (exact) mass is 421 g/mol. The molecule has 160 valence electrons. The number of nitrogens with one attached hydrogen (secondary N) is 1. The van der Waals surface area contributed by atoms with Gasteiger partial charge < -0.3 is 14.8 Å². The summed E-state index contributed by atoms with van der Waals surface area (Å²) in [6.45, 7) is 6.78. The van der Waals surface area contributed by atoms with Crippen LogP contribution in [0, 0.1) is 20.8 Å². The van der Waals surface area contributed by atoms with Gasteiger partial charge >= 0.3 is 6.03 Å². The summed E-state index contributed by atoms with van der Waals surface area (Å²) in [6, 6.07) is 26.6. The molecule has 5 rings (SSSR count). The number of aryl methyl sites for hydroxylation is 3. The van der Waals surface area contributed by atoms with Crippen LogP contribution in [0.2, 0.25) is 0 Å². The number of benzene rings is 3. The summed E-state index contributed by atoms with van der Waals surface area (Å²) in [4.78, 5) is 15.7. The van der Waals surface area contributed by atoms with Crippen LogP contribution < -0.4 is 5.32 Å². The lowest BCUT2D eigenvalue weighted by Crippen LogP contribution is -2.38. The Bertz CT molecular complexity index is 1300. The fourth-order valence-electron chi connectivity index (χ4n) is 4.57. The molecule has 2 heterocycles. The molecular formula is C28H27N3O. The lowest BCUT2D eigenvalue weighted by molar-refractivity contribution is 0.194. The molecule has 0 aliphatic carbocycles. The Morgan fingerprint density at radius 2 is 1.62 bits per heavy atom. The van der Waals surface area contributed by atoms with Crippen molar-refractivity contribution in [1.82, 2.24) is 9.47 Å². The largest absolute Gasteiger partial charge is 0.322 e. The van der Waals surface area contributed by atoms with E-state index in [2.05, 4.69) is 79.3 Å². The number of carbonyl (C=O) groups is 1. The highest BCUT2D eigenvalue weighted by Gasteiger charge is 2.33. The maximum Gasteiger partial charge on any atom is 0.322 e. The molecule has 0 saturated carbocycles. The summed E-state index contributed by atoms with van der Waals surface area (Å²) < 4.78 is 2.22. The van der Waals surface area contributed by atoms with E-state index < -0.39 is 0 Å². The van der Waals surface area contributed by atoms with Crippen LogP contribution >= 0.6 is 0 Å². The molecule has 32 heavy (non-hydrogen) atoms. The second-order valence-corrected chi connectivity index (χ2v) is 8.55. The zero-order valence-corrected chi connectivity index (χ0v) is 18.7. The molecule has 4 heteroatoms. The van der Waals surface area contributed by atoms with E-state index in [1.54, 1.807) is 0 Å². The second kappa shape index (κ2) is 8.04. The molecule has 1 atom stereocenters. The number of para-hydroxylation sites is 1. The summed E-state index contributed by atoms with van der Waals surface area (Å²) in [6.07, 6.45) is 2.09. The molecule has 2 amide bonds. The number of amides is 2. The minimum absolute atomic E-state index is 0.106. The molecular weight excluding hydrogens is 394 g/mol. The van der Waals surface area contributed by atoms with Gasteiger partial charge in [0.25, 0.3) is 0 Å². The molecule has 0 bridgehead atoms. The van der Waals surface area contributed by atoms with E-state index in [4.69, 9.17) is 0 Å². The van der Waals surface area contributed by atoms with Gasteiger partial charge in [0.1, 0.15) is 6.04 Å². The molecule has 0 spiro atoms. The molecule has 1 N–H and O–H groups in total. The first kappa shape index (κ1) is 20.1. The molecule has 0 fully saturated rings. The summed E-state index contributed by atoms with van der Waals surface area (Å²) in [5.74, 6) is 0. The van der Waals surface area contributed by atoms with Gasteiger partial charge in [-0.2, -0.15) is 0 Å². The Kier molecular flexibility index (Phi) is 5.06.